The molecule has 0 bridgehead atoms. The predicted octanol–water partition coefficient (Wildman–Crippen LogP) is 3.52. The van der Waals surface area contributed by atoms with Gasteiger partial charge in [0.1, 0.15) is 6.04 Å². The van der Waals surface area contributed by atoms with Crippen LogP contribution in [-0.4, -0.2) is 23.1 Å². The molecular weight excluding hydrogens is 288 g/mol. The van der Waals surface area contributed by atoms with Crippen LogP contribution in [0.5, 0.6) is 0 Å². The van der Waals surface area contributed by atoms with Crippen LogP contribution in [0, 0.1) is 5.92 Å². The van der Waals surface area contributed by atoms with Crippen LogP contribution in [0.3, 0.4) is 0 Å². The third-order valence-corrected chi connectivity index (χ3v) is 3.92. The van der Waals surface area contributed by atoms with Crippen molar-refractivity contribution in [2.75, 3.05) is 5.32 Å². The molecule has 3 N–H and O–H groups in total. The van der Waals surface area contributed by atoms with Gasteiger partial charge in [0.2, 0.25) is 0 Å². The SMILES string of the molecule is CC(C)C[C@@H](NC(=O)Nc1ccc2sccc2c1)C(=O)O. The van der Waals surface area contributed by atoms with Gasteiger partial charge in [-0.2, -0.15) is 0 Å². The molecule has 112 valence electrons. The fraction of sp³-hybridized carbons (Fsp3) is 0.333. The van der Waals surface area contributed by atoms with Crippen molar-refractivity contribution in [1.82, 2.24) is 5.32 Å². The fourth-order valence-corrected chi connectivity index (χ4v) is 2.83. The van der Waals surface area contributed by atoms with Gasteiger partial charge in [-0.15, -0.1) is 11.3 Å². The van der Waals surface area contributed by atoms with Crippen LogP contribution in [0.4, 0.5) is 10.5 Å². The lowest BCUT2D eigenvalue weighted by Gasteiger charge is -2.17. The first-order valence-electron chi connectivity index (χ1n) is 6.73. The Morgan fingerprint density at radius 3 is 2.71 bits per heavy atom. The third kappa shape index (κ3) is 4.19. The molecule has 0 spiro atoms. The van der Waals surface area contributed by atoms with E-state index in [1.54, 1.807) is 17.4 Å². The zero-order chi connectivity index (χ0) is 15.4. The van der Waals surface area contributed by atoms with Gasteiger partial charge >= 0.3 is 12.0 Å². The van der Waals surface area contributed by atoms with Gasteiger partial charge in [-0.05, 0) is 47.4 Å². The van der Waals surface area contributed by atoms with E-state index in [0.717, 1.165) is 10.1 Å². The van der Waals surface area contributed by atoms with E-state index in [-0.39, 0.29) is 5.92 Å². The lowest BCUT2D eigenvalue weighted by molar-refractivity contribution is -0.139. The quantitative estimate of drug-likeness (QED) is 0.791. The highest BCUT2D eigenvalue weighted by Crippen LogP contribution is 2.23. The summed E-state index contributed by atoms with van der Waals surface area (Å²) in [5, 5.41) is 17.3. The number of carbonyl (C=O) groups excluding carboxylic acids is 1. The van der Waals surface area contributed by atoms with Crippen molar-refractivity contribution in [2.45, 2.75) is 26.3 Å². The second-order valence-electron chi connectivity index (χ2n) is 5.29. The Labute approximate surface area is 127 Å². The lowest BCUT2D eigenvalue weighted by Crippen LogP contribution is -2.43. The highest BCUT2D eigenvalue weighted by molar-refractivity contribution is 7.17. The maximum Gasteiger partial charge on any atom is 0.326 e. The average molecular weight is 306 g/mol. The molecular formula is C15H18N2O3S. The third-order valence-electron chi connectivity index (χ3n) is 3.02. The van der Waals surface area contributed by atoms with Crippen molar-refractivity contribution in [2.24, 2.45) is 5.92 Å². The van der Waals surface area contributed by atoms with Crippen molar-refractivity contribution in [3.05, 3.63) is 29.6 Å². The number of carboxylic acids is 1. The number of amides is 2. The molecule has 0 aliphatic heterocycles. The molecule has 1 aromatic carbocycles. The second kappa shape index (κ2) is 6.58. The average Bonchev–Trinajstić information content (AvgIpc) is 2.84. The fourth-order valence-electron chi connectivity index (χ4n) is 2.06. The molecule has 5 nitrogen and oxygen atoms in total. The summed E-state index contributed by atoms with van der Waals surface area (Å²) in [5.41, 5.74) is 0.645. The number of nitrogens with one attached hydrogen (secondary N) is 2. The minimum Gasteiger partial charge on any atom is -0.480 e. The highest BCUT2D eigenvalue weighted by atomic mass is 32.1. The molecule has 2 aromatic rings. The number of fused-ring (bicyclic) bond motifs is 1. The molecule has 0 aliphatic carbocycles. The maximum absolute atomic E-state index is 11.9. The maximum atomic E-state index is 11.9. The molecule has 1 heterocycles. The monoisotopic (exact) mass is 306 g/mol. The van der Waals surface area contributed by atoms with Gasteiger partial charge < -0.3 is 15.7 Å². The van der Waals surface area contributed by atoms with Crippen molar-refractivity contribution < 1.29 is 14.7 Å². The van der Waals surface area contributed by atoms with Crippen LogP contribution in [0.15, 0.2) is 29.6 Å². The van der Waals surface area contributed by atoms with Crippen molar-refractivity contribution in [3.63, 3.8) is 0 Å². The van der Waals surface area contributed by atoms with Gasteiger partial charge in [0.05, 0.1) is 0 Å². The van der Waals surface area contributed by atoms with Crippen LogP contribution in [0.2, 0.25) is 0 Å². The standard InChI is InChI=1S/C15H18N2O3S/c1-9(2)7-12(14(18)19)17-15(20)16-11-3-4-13-10(8-11)5-6-21-13/h3-6,8-9,12H,7H2,1-2H3,(H,18,19)(H2,16,17,20)/t12-/m1/s1. The first-order valence-corrected chi connectivity index (χ1v) is 7.61. The Bertz CT molecular complexity index is 651. The summed E-state index contributed by atoms with van der Waals surface area (Å²) in [4.78, 5) is 23.0. The summed E-state index contributed by atoms with van der Waals surface area (Å²) in [6, 6.07) is 6.19. The van der Waals surface area contributed by atoms with Gasteiger partial charge in [-0.25, -0.2) is 9.59 Å². The van der Waals surface area contributed by atoms with E-state index in [1.165, 1.54) is 0 Å². The Kier molecular flexibility index (Phi) is 4.80. The zero-order valence-electron chi connectivity index (χ0n) is 11.9. The molecule has 0 unspecified atom stereocenters. The van der Waals surface area contributed by atoms with Gasteiger partial charge in [-0.1, -0.05) is 13.8 Å². The summed E-state index contributed by atoms with van der Waals surface area (Å²) in [7, 11) is 0. The number of carboxylic acid groups (broad SMARTS) is 1. The molecule has 0 aliphatic rings. The Morgan fingerprint density at radius 1 is 1.29 bits per heavy atom. The molecule has 1 atom stereocenters. The number of anilines is 1. The van der Waals surface area contributed by atoms with Gasteiger partial charge in [0, 0.05) is 10.4 Å². The first kappa shape index (κ1) is 15.3. The van der Waals surface area contributed by atoms with Crippen molar-refractivity contribution >= 4 is 39.1 Å². The van der Waals surface area contributed by atoms with E-state index in [1.807, 2.05) is 37.4 Å². The van der Waals surface area contributed by atoms with Crippen molar-refractivity contribution in [1.29, 1.82) is 0 Å². The summed E-state index contributed by atoms with van der Waals surface area (Å²) < 4.78 is 1.14. The summed E-state index contributed by atoms with van der Waals surface area (Å²) in [5.74, 6) is -0.833. The summed E-state index contributed by atoms with van der Waals surface area (Å²) in [6.07, 6.45) is 0.395. The molecule has 0 saturated carbocycles. The number of carbonyl (C=O) groups is 2. The first-order chi connectivity index (χ1) is 9.95. The molecule has 0 saturated heterocycles. The number of thiophene rings is 1. The Balaban J connectivity index is 2.01. The van der Waals surface area contributed by atoms with E-state index >= 15 is 0 Å². The normalized spacial score (nSPS) is 12.3. The van der Waals surface area contributed by atoms with Gasteiger partial charge in [0.15, 0.2) is 0 Å². The molecule has 2 amide bonds. The van der Waals surface area contributed by atoms with Crippen LogP contribution in [-0.2, 0) is 4.79 Å². The van der Waals surface area contributed by atoms with E-state index in [4.69, 9.17) is 5.11 Å². The lowest BCUT2D eigenvalue weighted by atomic mass is 10.0. The molecule has 1 aromatic heterocycles. The van der Waals surface area contributed by atoms with Crippen LogP contribution < -0.4 is 10.6 Å². The van der Waals surface area contributed by atoms with Crippen molar-refractivity contribution in [3.8, 4) is 0 Å². The Morgan fingerprint density at radius 2 is 2.05 bits per heavy atom. The molecule has 21 heavy (non-hydrogen) atoms. The minimum atomic E-state index is -1.02. The number of rotatable bonds is 5. The smallest absolute Gasteiger partial charge is 0.326 e. The number of aliphatic carboxylic acids is 1. The minimum absolute atomic E-state index is 0.188. The van der Waals surface area contributed by atoms with E-state index in [0.29, 0.717) is 12.1 Å². The number of hydrogen-bond donors (Lipinski definition) is 3. The number of benzene rings is 1. The highest BCUT2D eigenvalue weighted by Gasteiger charge is 2.21. The molecule has 0 fully saturated rings. The van der Waals surface area contributed by atoms with E-state index in [2.05, 4.69) is 10.6 Å². The van der Waals surface area contributed by atoms with Gasteiger partial charge in [0.25, 0.3) is 0 Å². The van der Waals surface area contributed by atoms with Crippen LogP contribution in [0.1, 0.15) is 20.3 Å². The number of urea groups is 1. The second-order valence-corrected chi connectivity index (χ2v) is 6.24. The predicted molar refractivity (Wildman–Crippen MR) is 84.9 cm³/mol. The Hall–Kier alpha value is -2.08. The topological polar surface area (TPSA) is 78.4 Å². The van der Waals surface area contributed by atoms with Gasteiger partial charge in [-0.3, -0.25) is 0 Å². The van der Waals surface area contributed by atoms with E-state index in [9.17, 15) is 9.59 Å². The molecule has 0 radical (unpaired) electrons. The van der Waals surface area contributed by atoms with E-state index < -0.39 is 18.0 Å². The summed E-state index contributed by atoms with van der Waals surface area (Å²) >= 11 is 1.63. The van der Waals surface area contributed by atoms with Crippen LogP contribution >= 0.6 is 11.3 Å². The molecule has 6 heteroatoms. The van der Waals surface area contributed by atoms with Crippen LogP contribution in [0.25, 0.3) is 10.1 Å². The number of hydrogen-bond acceptors (Lipinski definition) is 3. The zero-order valence-corrected chi connectivity index (χ0v) is 12.7. The summed E-state index contributed by atoms with van der Waals surface area (Å²) in [6.45, 7) is 3.83. The largest absolute Gasteiger partial charge is 0.480 e. The molecule has 2 rings (SSSR count).